The highest BCUT2D eigenvalue weighted by atomic mass is 16.5. The Hall–Kier alpha value is -2.70. The highest BCUT2D eigenvalue weighted by Crippen LogP contribution is 2.55. The van der Waals surface area contributed by atoms with Crippen LogP contribution in [0.1, 0.15) is 41.8 Å². The van der Waals surface area contributed by atoms with Gasteiger partial charge in [-0.05, 0) is 56.0 Å². The van der Waals surface area contributed by atoms with Gasteiger partial charge in [0, 0.05) is 25.2 Å². The molecule has 0 bridgehead atoms. The van der Waals surface area contributed by atoms with E-state index < -0.39 is 11.3 Å². The summed E-state index contributed by atoms with van der Waals surface area (Å²) in [7, 11) is 0. The molecule has 0 aromatic heterocycles. The summed E-state index contributed by atoms with van der Waals surface area (Å²) in [6.07, 6.45) is 0.856. The van der Waals surface area contributed by atoms with Crippen molar-refractivity contribution in [3.8, 4) is 0 Å². The van der Waals surface area contributed by atoms with Gasteiger partial charge in [0.25, 0.3) is 5.91 Å². The number of likely N-dealkylation sites (N-methyl/N-ethyl adjacent to an activating group) is 1. The standard InChI is InChI=1S/C23H29N3O3/c1-3-26(4-2)22(28)23(19-8-6-5-7-9-19)14-20(23)16-24-15-17-10-12-18(13-11-17)21(27)25-29/h5-13,20,24,29H,3-4,14-16H2,1-2H3,(H,25,27)/t20-,23+/m0/s1. The molecule has 0 spiro atoms. The number of benzene rings is 2. The van der Waals surface area contributed by atoms with Crippen molar-refractivity contribution in [2.24, 2.45) is 5.92 Å². The van der Waals surface area contributed by atoms with Crippen LogP contribution in [-0.4, -0.2) is 41.6 Å². The first-order chi connectivity index (χ1) is 14.1. The molecule has 154 valence electrons. The van der Waals surface area contributed by atoms with E-state index in [2.05, 4.69) is 17.4 Å². The maximum Gasteiger partial charge on any atom is 0.274 e. The number of hydroxylamine groups is 1. The molecule has 1 fully saturated rings. The third-order valence-electron chi connectivity index (χ3n) is 5.86. The minimum atomic E-state index is -0.523. The number of rotatable bonds is 9. The minimum absolute atomic E-state index is 0.222. The average molecular weight is 396 g/mol. The van der Waals surface area contributed by atoms with Crippen LogP contribution in [0.15, 0.2) is 54.6 Å². The molecule has 3 rings (SSSR count). The van der Waals surface area contributed by atoms with E-state index in [0.29, 0.717) is 12.1 Å². The Bertz CT molecular complexity index is 834. The van der Waals surface area contributed by atoms with Gasteiger partial charge in [-0.3, -0.25) is 14.8 Å². The second-order valence-electron chi connectivity index (χ2n) is 7.48. The first-order valence-electron chi connectivity index (χ1n) is 10.2. The fourth-order valence-electron chi connectivity index (χ4n) is 4.07. The van der Waals surface area contributed by atoms with Gasteiger partial charge in [-0.25, -0.2) is 5.48 Å². The number of nitrogens with one attached hydrogen (secondary N) is 2. The molecule has 1 aliphatic rings. The van der Waals surface area contributed by atoms with Gasteiger partial charge < -0.3 is 10.2 Å². The number of carbonyl (C=O) groups is 2. The van der Waals surface area contributed by atoms with Gasteiger partial charge in [-0.15, -0.1) is 0 Å². The lowest BCUT2D eigenvalue weighted by atomic mass is 9.91. The molecular weight excluding hydrogens is 366 g/mol. The molecule has 0 unspecified atom stereocenters. The number of amides is 2. The van der Waals surface area contributed by atoms with Crippen molar-refractivity contribution in [2.45, 2.75) is 32.2 Å². The summed E-state index contributed by atoms with van der Waals surface area (Å²) in [6.45, 7) is 6.89. The summed E-state index contributed by atoms with van der Waals surface area (Å²) in [6, 6.07) is 17.2. The molecule has 0 saturated heterocycles. The Morgan fingerprint density at radius 1 is 1.07 bits per heavy atom. The first-order valence-corrected chi connectivity index (χ1v) is 10.2. The predicted octanol–water partition coefficient (Wildman–Crippen LogP) is 2.72. The molecule has 0 radical (unpaired) electrons. The fraction of sp³-hybridized carbons (Fsp3) is 0.391. The molecule has 0 heterocycles. The van der Waals surface area contributed by atoms with Gasteiger partial charge >= 0.3 is 0 Å². The van der Waals surface area contributed by atoms with Crippen molar-refractivity contribution in [2.75, 3.05) is 19.6 Å². The third kappa shape index (κ3) is 4.33. The first kappa shape index (κ1) is 21.0. The Balaban J connectivity index is 1.65. The molecule has 2 aromatic carbocycles. The van der Waals surface area contributed by atoms with Gasteiger partial charge in [-0.1, -0.05) is 42.5 Å². The average Bonchev–Trinajstić information content (AvgIpc) is 3.50. The van der Waals surface area contributed by atoms with E-state index in [9.17, 15) is 9.59 Å². The molecular formula is C23H29N3O3. The summed E-state index contributed by atoms with van der Waals surface area (Å²) >= 11 is 0. The lowest BCUT2D eigenvalue weighted by molar-refractivity contribution is -0.134. The molecule has 1 aliphatic carbocycles. The maximum atomic E-state index is 13.3. The van der Waals surface area contributed by atoms with Gasteiger partial charge in [0.15, 0.2) is 0 Å². The highest BCUT2D eigenvalue weighted by molar-refractivity contribution is 5.93. The van der Waals surface area contributed by atoms with E-state index in [-0.39, 0.29) is 11.8 Å². The van der Waals surface area contributed by atoms with E-state index in [1.807, 2.05) is 49.1 Å². The smallest absolute Gasteiger partial charge is 0.274 e. The van der Waals surface area contributed by atoms with Crippen LogP contribution >= 0.6 is 0 Å². The highest BCUT2D eigenvalue weighted by Gasteiger charge is 2.61. The van der Waals surface area contributed by atoms with E-state index in [1.165, 1.54) is 0 Å². The van der Waals surface area contributed by atoms with Crippen LogP contribution in [0, 0.1) is 5.92 Å². The van der Waals surface area contributed by atoms with Gasteiger partial charge in [0.2, 0.25) is 5.91 Å². The molecule has 6 nitrogen and oxygen atoms in total. The second kappa shape index (κ2) is 9.20. The van der Waals surface area contributed by atoms with Crippen LogP contribution in [0.25, 0.3) is 0 Å². The molecule has 6 heteroatoms. The Morgan fingerprint density at radius 2 is 1.72 bits per heavy atom. The van der Waals surface area contributed by atoms with Crippen molar-refractivity contribution in [1.29, 1.82) is 0 Å². The minimum Gasteiger partial charge on any atom is -0.342 e. The number of hydrogen-bond donors (Lipinski definition) is 3. The van der Waals surface area contributed by atoms with Gasteiger partial charge in [0.1, 0.15) is 0 Å². The quantitative estimate of drug-likeness (QED) is 0.450. The summed E-state index contributed by atoms with van der Waals surface area (Å²) in [4.78, 5) is 26.6. The van der Waals surface area contributed by atoms with Gasteiger partial charge in [-0.2, -0.15) is 0 Å². The van der Waals surface area contributed by atoms with Crippen molar-refractivity contribution >= 4 is 11.8 Å². The van der Waals surface area contributed by atoms with Gasteiger partial charge in [0.05, 0.1) is 5.41 Å². The van der Waals surface area contributed by atoms with Crippen LogP contribution in [0.5, 0.6) is 0 Å². The van der Waals surface area contributed by atoms with E-state index in [0.717, 1.165) is 37.2 Å². The SMILES string of the molecule is CCN(CC)C(=O)[C@@]1(c2ccccc2)C[C@H]1CNCc1ccc(C(=O)NO)cc1. The summed E-state index contributed by atoms with van der Waals surface area (Å²) < 4.78 is 0. The van der Waals surface area contributed by atoms with Crippen molar-refractivity contribution in [3.63, 3.8) is 0 Å². The third-order valence-corrected chi connectivity index (χ3v) is 5.86. The number of nitrogens with zero attached hydrogens (tertiary/aromatic N) is 1. The van der Waals surface area contributed by atoms with Crippen molar-refractivity contribution < 1.29 is 14.8 Å². The largest absolute Gasteiger partial charge is 0.342 e. The molecule has 29 heavy (non-hydrogen) atoms. The van der Waals surface area contributed by atoms with E-state index in [1.54, 1.807) is 17.6 Å². The monoisotopic (exact) mass is 395 g/mol. The number of carbonyl (C=O) groups excluding carboxylic acids is 2. The maximum absolute atomic E-state index is 13.3. The van der Waals surface area contributed by atoms with Crippen LogP contribution in [0.2, 0.25) is 0 Å². The normalized spacial score (nSPS) is 20.2. The van der Waals surface area contributed by atoms with E-state index in [4.69, 9.17) is 5.21 Å². The van der Waals surface area contributed by atoms with Crippen LogP contribution in [-0.2, 0) is 16.8 Å². The molecule has 2 amide bonds. The zero-order valence-corrected chi connectivity index (χ0v) is 17.0. The molecule has 2 aromatic rings. The van der Waals surface area contributed by atoms with Crippen LogP contribution in [0.4, 0.5) is 0 Å². The molecule has 0 aliphatic heterocycles. The zero-order valence-electron chi connectivity index (χ0n) is 17.0. The summed E-state index contributed by atoms with van der Waals surface area (Å²) in [5, 5.41) is 12.1. The lowest BCUT2D eigenvalue weighted by Gasteiger charge is -2.26. The second-order valence-corrected chi connectivity index (χ2v) is 7.48. The van der Waals surface area contributed by atoms with Crippen molar-refractivity contribution in [3.05, 3.63) is 71.3 Å². The fourth-order valence-corrected chi connectivity index (χ4v) is 4.07. The Labute approximate surface area is 171 Å². The van der Waals surface area contributed by atoms with Crippen LogP contribution in [0.3, 0.4) is 0 Å². The number of hydrogen-bond acceptors (Lipinski definition) is 4. The lowest BCUT2D eigenvalue weighted by Crippen LogP contribution is -2.41. The zero-order chi connectivity index (χ0) is 20.9. The van der Waals surface area contributed by atoms with Crippen LogP contribution < -0.4 is 10.8 Å². The van der Waals surface area contributed by atoms with E-state index >= 15 is 0 Å². The molecule has 2 atom stereocenters. The van der Waals surface area contributed by atoms with Crippen molar-refractivity contribution in [1.82, 2.24) is 15.7 Å². The summed E-state index contributed by atoms with van der Waals surface area (Å²) in [5.41, 5.74) is 3.75. The molecule has 3 N–H and O–H groups in total. The predicted molar refractivity (Wildman–Crippen MR) is 112 cm³/mol. The molecule has 1 saturated carbocycles. The topological polar surface area (TPSA) is 81.7 Å². The summed E-state index contributed by atoms with van der Waals surface area (Å²) in [5.74, 6) is -0.0395. The Kier molecular flexibility index (Phi) is 6.67. The Morgan fingerprint density at radius 3 is 2.31 bits per heavy atom.